The number of hydrogen-bond donors (Lipinski definition) is 6. The number of rotatable bonds is 11. The van der Waals surface area contributed by atoms with E-state index in [1.54, 1.807) is 0 Å². The molecule has 4 aromatic carbocycles. The van der Waals surface area contributed by atoms with Gasteiger partial charge in [-0.1, -0.05) is 158 Å². The number of primary amides is 2. The second-order valence-electron chi connectivity index (χ2n) is 19.6. The predicted octanol–water partition coefficient (Wildman–Crippen LogP) is 9.24. The number of piperidine rings is 5. The number of nitrogens with two attached hydrogens (primary N) is 4. The fourth-order valence-electron chi connectivity index (χ4n) is 9.74. The number of amides is 2. The van der Waals surface area contributed by atoms with Crippen LogP contribution in [0, 0.1) is 17.8 Å². The van der Waals surface area contributed by atoms with Crippen LogP contribution in [0.2, 0.25) is 0 Å². The number of nitrogens with one attached hydrogen (secondary N) is 1. The van der Waals surface area contributed by atoms with Crippen molar-refractivity contribution < 1.29 is 19.5 Å². The van der Waals surface area contributed by atoms with Crippen molar-refractivity contribution in [2.24, 2.45) is 40.7 Å². The molecule has 5 saturated heterocycles. The molecule has 13 heteroatoms. The molecule has 13 nitrogen and oxygen atoms in total. The number of carbonyl (C=O) groups is 3. The smallest absolute Gasteiger partial charge is 0.307 e. The van der Waals surface area contributed by atoms with Gasteiger partial charge in [-0.05, 0) is 119 Å². The monoisotopic (exact) mass is 1030 g/mol. The van der Waals surface area contributed by atoms with E-state index in [1.165, 1.54) is 54.5 Å². The molecule has 4 aromatic rings. The van der Waals surface area contributed by atoms with Crippen molar-refractivity contribution in [1.29, 1.82) is 0 Å². The first kappa shape index (κ1) is 69.0. The lowest BCUT2D eigenvalue weighted by molar-refractivity contribution is -0.143. The van der Waals surface area contributed by atoms with E-state index in [0.29, 0.717) is 18.6 Å². The molecule has 9 rings (SSSR count). The minimum absolute atomic E-state index is 0. The summed E-state index contributed by atoms with van der Waals surface area (Å²) >= 11 is 0. The molecule has 5 atom stereocenters. The van der Waals surface area contributed by atoms with Crippen molar-refractivity contribution in [3.05, 3.63) is 144 Å². The number of carbonyl (C=O) groups excluding carboxylic acids is 2. The minimum atomic E-state index is -0.655. The van der Waals surface area contributed by atoms with E-state index in [0.717, 1.165) is 117 Å². The average Bonchev–Trinajstić information content (AvgIpc) is 3.37. The number of nitrogens with zero attached hydrogens (tertiary/aromatic N) is 4. The first-order chi connectivity index (χ1) is 33.5. The van der Waals surface area contributed by atoms with Gasteiger partial charge in [0.15, 0.2) is 0 Å². The first-order valence-corrected chi connectivity index (χ1v) is 25.6. The third-order valence-electron chi connectivity index (χ3n) is 13.5. The lowest BCUT2D eigenvalue weighted by Crippen LogP contribution is -2.42. The van der Waals surface area contributed by atoms with E-state index < -0.39 is 5.97 Å². The van der Waals surface area contributed by atoms with Gasteiger partial charge in [0, 0.05) is 71.0 Å². The standard InChI is InChI=1S/2C13H18N2O.C13H17NO2.C12H18N2.C5H12N2.5CH4/c2*14-13(16)12-7-4-8-15(10-12)9-11-5-2-1-3-6-11;15-13(16)12-7-4-8-14(10-12)9-11-5-2-1-3-6-11;13-12-7-4-8-14(10-12)9-11-5-2-1-3-6-11;6-5-2-1-3-7-4-5;;;;;/h2*1-3,5-6,12H,4,7-10H2,(H2,14,16);1-3,5-6,12H,4,7-10H2,(H,15,16);1-3,5-6,12H,4,7-10,13H2;5,7H,1-4,6H2;5*1H4. The Morgan fingerprint density at radius 1 is 0.432 bits per heavy atom. The Labute approximate surface area is 449 Å². The van der Waals surface area contributed by atoms with Crippen LogP contribution in [0.3, 0.4) is 0 Å². The molecule has 0 aromatic heterocycles. The van der Waals surface area contributed by atoms with Crippen LogP contribution in [0.1, 0.15) is 124 Å². The van der Waals surface area contributed by atoms with Crippen LogP contribution in [0.5, 0.6) is 0 Å². The molecule has 5 heterocycles. The van der Waals surface area contributed by atoms with Gasteiger partial charge >= 0.3 is 5.97 Å². The molecule has 5 aliphatic heterocycles. The largest absolute Gasteiger partial charge is 0.481 e. The third-order valence-corrected chi connectivity index (χ3v) is 13.5. The van der Waals surface area contributed by atoms with Gasteiger partial charge < -0.3 is 33.4 Å². The highest BCUT2D eigenvalue weighted by atomic mass is 16.4. The summed E-state index contributed by atoms with van der Waals surface area (Å²) < 4.78 is 0. The van der Waals surface area contributed by atoms with Crippen LogP contribution in [0.4, 0.5) is 0 Å². The molecular weight excluding hydrogens is 923 g/mol. The average molecular weight is 1030 g/mol. The Morgan fingerprint density at radius 3 is 1.00 bits per heavy atom. The Hall–Kier alpha value is -4.99. The maximum atomic E-state index is 11.1. The molecule has 10 N–H and O–H groups in total. The van der Waals surface area contributed by atoms with Crippen molar-refractivity contribution in [1.82, 2.24) is 24.9 Å². The van der Waals surface area contributed by atoms with Gasteiger partial charge in [-0.2, -0.15) is 0 Å². The molecule has 0 saturated carbocycles. The number of benzene rings is 4. The molecule has 74 heavy (non-hydrogen) atoms. The summed E-state index contributed by atoms with van der Waals surface area (Å²) in [5, 5.41) is 12.2. The van der Waals surface area contributed by atoms with Gasteiger partial charge in [-0.3, -0.25) is 34.0 Å². The Balaban J connectivity index is 0.000000901. The number of hydrogen-bond acceptors (Lipinski definition) is 10. The molecule has 2 amide bonds. The molecule has 0 spiro atoms. The van der Waals surface area contributed by atoms with Crippen molar-refractivity contribution in [3.8, 4) is 0 Å². The van der Waals surface area contributed by atoms with Gasteiger partial charge in [-0.15, -0.1) is 0 Å². The van der Waals surface area contributed by atoms with Crippen molar-refractivity contribution in [2.75, 3.05) is 65.4 Å². The van der Waals surface area contributed by atoms with Gasteiger partial charge in [0.1, 0.15) is 0 Å². The molecule has 5 fully saturated rings. The Kier molecular flexibility index (Phi) is 36.8. The molecular formula is C61H103N9O4. The summed E-state index contributed by atoms with van der Waals surface area (Å²) in [5.74, 6) is -1.07. The number of carboxylic acids is 1. The zero-order valence-electron chi connectivity index (χ0n) is 41.2. The maximum absolute atomic E-state index is 11.1. The lowest BCUT2D eigenvalue weighted by Gasteiger charge is -2.31. The maximum Gasteiger partial charge on any atom is 0.307 e. The number of carboxylic acid groups (broad SMARTS) is 1. The van der Waals surface area contributed by atoms with Gasteiger partial charge in [-0.25, -0.2) is 0 Å². The number of likely N-dealkylation sites (tertiary alicyclic amines) is 4. The summed E-state index contributed by atoms with van der Waals surface area (Å²) in [5.41, 5.74) is 27.5. The van der Waals surface area contributed by atoms with E-state index in [1.807, 2.05) is 54.6 Å². The first-order valence-electron chi connectivity index (χ1n) is 25.6. The highest BCUT2D eigenvalue weighted by Gasteiger charge is 2.26. The van der Waals surface area contributed by atoms with Crippen LogP contribution >= 0.6 is 0 Å². The van der Waals surface area contributed by atoms with Crippen LogP contribution in [-0.4, -0.2) is 120 Å². The highest BCUT2D eigenvalue weighted by Crippen LogP contribution is 2.21. The zero-order valence-corrected chi connectivity index (χ0v) is 41.2. The summed E-state index contributed by atoms with van der Waals surface area (Å²) in [6.45, 7) is 13.6. The molecule has 416 valence electrons. The number of aliphatic carboxylic acids is 1. The highest BCUT2D eigenvalue weighted by molar-refractivity contribution is 5.77. The summed E-state index contributed by atoms with van der Waals surface area (Å²) in [6, 6.07) is 42.3. The Bertz CT molecular complexity index is 1840. The van der Waals surface area contributed by atoms with Crippen LogP contribution < -0.4 is 28.3 Å². The van der Waals surface area contributed by atoms with Crippen LogP contribution in [0.15, 0.2) is 121 Å². The van der Waals surface area contributed by atoms with E-state index in [-0.39, 0.29) is 66.7 Å². The second kappa shape index (κ2) is 39.4. The normalized spacial score (nSPS) is 21.8. The van der Waals surface area contributed by atoms with E-state index >= 15 is 0 Å². The Morgan fingerprint density at radius 2 is 0.730 bits per heavy atom. The van der Waals surface area contributed by atoms with Gasteiger partial charge in [0.05, 0.1) is 17.8 Å². The van der Waals surface area contributed by atoms with Gasteiger partial charge in [0.2, 0.25) is 11.8 Å². The molecule has 5 unspecified atom stereocenters. The van der Waals surface area contributed by atoms with Crippen molar-refractivity contribution in [3.63, 3.8) is 0 Å². The quantitative estimate of drug-likeness (QED) is 0.0837. The fourth-order valence-corrected chi connectivity index (χ4v) is 9.74. The van der Waals surface area contributed by atoms with Crippen LogP contribution in [0.25, 0.3) is 0 Å². The molecule has 0 bridgehead atoms. The second-order valence-corrected chi connectivity index (χ2v) is 19.6. The van der Waals surface area contributed by atoms with Crippen LogP contribution in [-0.2, 0) is 40.6 Å². The predicted molar refractivity (Wildman–Crippen MR) is 312 cm³/mol. The zero-order chi connectivity index (χ0) is 49.1. The van der Waals surface area contributed by atoms with Gasteiger partial charge in [0.25, 0.3) is 0 Å². The van der Waals surface area contributed by atoms with E-state index in [9.17, 15) is 14.4 Å². The molecule has 0 radical (unpaired) electrons. The molecule has 0 aliphatic carbocycles. The summed E-state index contributed by atoms with van der Waals surface area (Å²) in [4.78, 5) is 42.5. The van der Waals surface area contributed by atoms with E-state index in [4.69, 9.17) is 28.0 Å². The topological polar surface area (TPSA) is 201 Å². The van der Waals surface area contributed by atoms with Crippen molar-refractivity contribution >= 4 is 17.8 Å². The fraction of sp³-hybridized carbons (Fsp3) is 0.557. The summed E-state index contributed by atoms with van der Waals surface area (Å²) in [7, 11) is 0. The molecule has 5 aliphatic rings. The van der Waals surface area contributed by atoms with E-state index in [2.05, 4.69) is 91.6 Å². The third kappa shape index (κ3) is 27.5. The minimum Gasteiger partial charge on any atom is -0.481 e. The lowest BCUT2D eigenvalue weighted by atomic mass is 9.97. The SMILES string of the molecule is C.C.C.C.C.NC(=O)C1CCCN(Cc2ccccc2)C1.NC(=O)C1CCCN(Cc2ccccc2)C1.NC1CCCN(Cc2ccccc2)C1.NC1CCCNC1.O=C(O)C1CCCN(Cc2ccccc2)C1. The summed E-state index contributed by atoms with van der Waals surface area (Å²) in [6.07, 6.45) is 10.7. The van der Waals surface area contributed by atoms with Crippen molar-refractivity contribution in [2.45, 2.75) is 140 Å².